The third kappa shape index (κ3) is 3.18. The van der Waals surface area contributed by atoms with Gasteiger partial charge in [0.2, 0.25) is 5.82 Å². The maximum atomic E-state index is 12.1. The zero-order chi connectivity index (χ0) is 14.7. The van der Waals surface area contributed by atoms with Crippen LogP contribution in [0.5, 0.6) is 5.75 Å². The first-order valence-corrected chi connectivity index (χ1v) is 7.39. The number of benzene rings is 1. The van der Waals surface area contributed by atoms with Crippen molar-refractivity contribution in [3.05, 3.63) is 32.7 Å². The van der Waals surface area contributed by atoms with E-state index in [9.17, 15) is 4.79 Å². The molecule has 0 aliphatic carbocycles. The van der Waals surface area contributed by atoms with Crippen molar-refractivity contribution in [2.24, 2.45) is 0 Å². The van der Waals surface area contributed by atoms with E-state index in [0.717, 1.165) is 8.95 Å². The van der Waals surface area contributed by atoms with Gasteiger partial charge in [0.05, 0.1) is 17.3 Å². The Kier molecular flexibility index (Phi) is 4.77. The quantitative estimate of drug-likeness (QED) is 0.821. The molecule has 0 radical (unpaired) electrons. The zero-order valence-electron chi connectivity index (χ0n) is 10.8. The molecule has 2 rings (SSSR count). The first-order valence-electron chi connectivity index (χ1n) is 5.80. The minimum atomic E-state index is -0.383. The van der Waals surface area contributed by atoms with Crippen molar-refractivity contribution >= 4 is 43.5 Å². The highest BCUT2D eigenvalue weighted by Crippen LogP contribution is 2.34. The van der Waals surface area contributed by atoms with E-state index < -0.39 is 0 Å². The molecule has 1 aromatic heterocycles. The van der Waals surface area contributed by atoms with Crippen molar-refractivity contribution in [3.63, 3.8) is 0 Å². The summed E-state index contributed by atoms with van der Waals surface area (Å²) >= 11 is 6.75. The van der Waals surface area contributed by atoms with Gasteiger partial charge in [-0.2, -0.15) is 0 Å². The number of carbonyl (C=O) groups excluding carboxylic acids is 1. The molecule has 2 N–H and O–H groups in total. The molecule has 0 spiro atoms. The van der Waals surface area contributed by atoms with Crippen LogP contribution in [0, 0.1) is 0 Å². The Morgan fingerprint density at radius 1 is 1.40 bits per heavy atom. The summed E-state index contributed by atoms with van der Waals surface area (Å²) < 4.78 is 6.71. The van der Waals surface area contributed by atoms with E-state index in [0.29, 0.717) is 23.7 Å². The van der Waals surface area contributed by atoms with Crippen LogP contribution in [0.4, 0.5) is 5.69 Å². The van der Waals surface area contributed by atoms with Crippen LogP contribution in [0.2, 0.25) is 0 Å². The molecular weight excluding hydrogens is 392 g/mol. The number of nitrogens with zero attached hydrogens (tertiary/aromatic N) is 2. The average Bonchev–Trinajstić information content (AvgIpc) is 2.90. The second-order valence-electron chi connectivity index (χ2n) is 3.88. The van der Waals surface area contributed by atoms with Crippen LogP contribution in [0.15, 0.2) is 21.1 Å². The summed E-state index contributed by atoms with van der Waals surface area (Å²) in [4.78, 5) is 16.1. The van der Waals surface area contributed by atoms with Crippen LogP contribution in [0.3, 0.4) is 0 Å². The molecule has 106 valence electrons. The first kappa shape index (κ1) is 15.0. The molecule has 0 unspecified atom stereocenters. The Morgan fingerprint density at radius 3 is 2.75 bits per heavy atom. The predicted molar refractivity (Wildman–Crippen MR) is 82.1 cm³/mol. The smallest absolute Gasteiger partial charge is 0.295 e. The van der Waals surface area contributed by atoms with Crippen molar-refractivity contribution in [3.8, 4) is 5.75 Å². The third-order valence-electron chi connectivity index (χ3n) is 2.56. The van der Waals surface area contributed by atoms with E-state index in [1.54, 1.807) is 19.2 Å². The lowest BCUT2D eigenvalue weighted by Gasteiger charge is -2.09. The van der Waals surface area contributed by atoms with Gasteiger partial charge in [0, 0.05) is 17.0 Å². The molecule has 0 bridgehead atoms. The number of aryl methyl sites for hydroxylation is 1. The van der Waals surface area contributed by atoms with Crippen molar-refractivity contribution in [2.45, 2.75) is 13.3 Å². The highest BCUT2D eigenvalue weighted by Gasteiger charge is 2.15. The molecule has 0 saturated carbocycles. The molecule has 1 amide bonds. The number of hydrogen-bond acceptors (Lipinski definition) is 4. The standard InChI is InChI=1S/C12H12Br2N4O2/c1-3-10-16-11(18-17-10)12(19)15-8-5-9(20-2)7(14)4-6(8)13/h4-5H,3H2,1-2H3,(H,15,19)(H,16,17,18). The van der Waals surface area contributed by atoms with Crippen LogP contribution < -0.4 is 10.1 Å². The molecule has 0 aliphatic rings. The van der Waals surface area contributed by atoms with E-state index in [-0.39, 0.29) is 11.7 Å². The summed E-state index contributed by atoms with van der Waals surface area (Å²) in [6.07, 6.45) is 0.691. The molecular formula is C12H12Br2N4O2. The summed E-state index contributed by atoms with van der Waals surface area (Å²) in [5.41, 5.74) is 0.581. The maximum Gasteiger partial charge on any atom is 0.295 e. The van der Waals surface area contributed by atoms with Gasteiger partial charge < -0.3 is 10.1 Å². The number of methoxy groups -OCH3 is 1. The number of H-pyrrole nitrogens is 1. The van der Waals surface area contributed by atoms with Gasteiger partial charge in [-0.15, -0.1) is 5.10 Å². The van der Waals surface area contributed by atoms with Crippen molar-refractivity contribution < 1.29 is 9.53 Å². The lowest BCUT2D eigenvalue weighted by atomic mass is 10.3. The number of nitrogens with one attached hydrogen (secondary N) is 2. The predicted octanol–water partition coefficient (Wildman–Crippen LogP) is 3.15. The highest BCUT2D eigenvalue weighted by molar-refractivity contribution is 9.11. The summed E-state index contributed by atoms with van der Waals surface area (Å²) in [6.45, 7) is 1.93. The average molecular weight is 404 g/mol. The highest BCUT2D eigenvalue weighted by atomic mass is 79.9. The van der Waals surface area contributed by atoms with Crippen LogP contribution in [-0.2, 0) is 6.42 Å². The third-order valence-corrected chi connectivity index (χ3v) is 3.84. The number of anilines is 1. The number of hydrogen-bond donors (Lipinski definition) is 2. The van der Waals surface area contributed by atoms with Gasteiger partial charge in [-0.1, -0.05) is 6.92 Å². The summed E-state index contributed by atoms with van der Waals surface area (Å²) in [7, 11) is 1.56. The molecule has 1 aromatic carbocycles. The van der Waals surface area contributed by atoms with Crippen LogP contribution in [-0.4, -0.2) is 28.2 Å². The second-order valence-corrected chi connectivity index (χ2v) is 5.59. The van der Waals surface area contributed by atoms with E-state index >= 15 is 0 Å². The van der Waals surface area contributed by atoms with Gasteiger partial charge in [-0.3, -0.25) is 9.89 Å². The Hall–Kier alpha value is -1.41. The van der Waals surface area contributed by atoms with Crippen LogP contribution in [0.25, 0.3) is 0 Å². The Bertz CT molecular complexity index is 642. The summed E-state index contributed by atoms with van der Waals surface area (Å²) in [5.74, 6) is 1.01. The van der Waals surface area contributed by atoms with Gasteiger partial charge in [0.1, 0.15) is 11.6 Å². The normalized spacial score (nSPS) is 10.4. The molecule has 0 aliphatic heterocycles. The summed E-state index contributed by atoms with van der Waals surface area (Å²) in [5, 5.41) is 9.31. The topological polar surface area (TPSA) is 79.9 Å². The number of aromatic nitrogens is 3. The van der Waals surface area contributed by atoms with E-state index in [4.69, 9.17) is 4.74 Å². The molecule has 0 fully saturated rings. The fourth-order valence-corrected chi connectivity index (χ4v) is 2.77. The zero-order valence-corrected chi connectivity index (χ0v) is 14.0. The van der Waals surface area contributed by atoms with Gasteiger partial charge in [-0.05, 0) is 37.9 Å². The van der Waals surface area contributed by atoms with Crippen molar-refractivity contribution in [1.82, 2.24) is 15.2 Å². The number of rotatable bonds is 4. The molecule has 8 heteroatoms. The van der Waals surface area contributed by atoms with Crippen molar-refractivity contribution in [2.75, 3.05) is 12.4 Å². The SMILES string of the molecule is CCc1nc(C(=O)Nc2cc(OC)c(Br)cc2Br)n[nH]1. The van der Waals surface area contributed by atoms with Gasteiger partial charge in [0.25, 0.3) is 5.91 Å². The van der Waals surface area contributed by atoms with Gasteiger partial charge in [-0.25, -0.2) is 4.98 Å². The number of amides is 1. The molecule has 6 nitrogen and oxygen atoms in total. The van der Waals surface area contributed by atoms with Crippen molar-refractivity contribution in [1.29, 1.82) is 0 Å². The fourth-order valence-electron chi connectivity index (χ4n) is 1.51. The number of halogens is 2. The van der Waals surface area contributed by atoms with E-state index in [2.05, 4.69) is 52.4 Å². The van der Waals surface area contributed by atoms with Gasteiger partial charge >= 0.3 is 0 Å². The number of aromatic amines is 1. The second kappa shape index (κ2) is 6.36. The van der Waals surface area contributed by atoms with Gasteiger partial charge in [0.15, 0.2) is 0 Å². The minimum absolute atomic E-state index is 0.107. The van der Waals surface area contributed by atoms with E-state index in [1.165, 1.54) is 0 Å². The maximum absolute atomic E-state index is 12.1. The molecule has 2 aromatic rings. The van der Waals surface area contributed by atoms with Crippen LogP contribution >= 0.6 is 31.9 Å². The Labute approximate surface area is 132 Å². The number of carbonyl (C=O) groups is 1. The van der Waals surface area contributed by atoms with E-state index in [1.807, 2.05) is 6.92 Å². The molecule has 0 saturated heterocycles. The Balaban J connectivity index is 2.23. The molecule has 20 heavy (non-hydrogen) atoms. The fraction of sp³-hybridized carbons (Fsp3) is 0.250. The van der Waals surface area contributed by atoms with Crippen LogP contribution in [0.1, 0.15) is 23.4 Å². The molecule has 1 heterocycles. The minimum Gasteiger partial charge on any atom is -0.495 e. The summed E-state index contributed by atoms with van der Waals surface area (Å²) in [6, 6.07) is 3.50. The molecule has 0 atom stereocenters. The largest absolute Gasteiger partial charge is 0.495 e. The Morgan fingerprint density at radius 2 is 2.15 bits per heavy atom. The number of ether oxygens (including phenoxy) is 1. The lowest BCUT2D eigenvalue weighted by molar-refractivity contribution is 0.101. The monoisotopic (exact) mass is 402 g/mol. The lowest BCUT2D eigenvalue weighted by Crippen LogP contribution is -2.14. The first-order chi connectivity index (χ1) is 9.55.